The van der Waals surface area contributed by atoms with Crippen LogP contribution in [-0.2, 0) is 4.79 Å². The number of aliphatic hydroxyl groups is 1. The van der Waals surface area contributed by atoms with Crippen molar-refractivity contribution in [3.05, 3.63) is 108 Å². The zero-order chi connectivity index (χ0) is 24.3. The lowest BCUT2D eigenvalue weighted by atomic mass is 9.76. The average molecular weight is 470 g/mol. The lowest BCUT2D eigenvalue weighted by Gasteiger charge is -2.37. The number of nitrogens with zero attached hydrogens (tertiary/aromatic N) is 2. The normalized spacial score (nSPS) is 15.9. The first-order chi connectivity index (χ1) is 17.2. The Labute approximate surface area is 208 Å². The number of benzene rings is 2. The van der Waals surface area contributed by atoms with Crippen molar-refractivity contribution in [3.8, 4) is 0 Å². The van der Waals surface area contributed by atoms with Crippen molar-refractivity contribution >= 4 is 12.0 Å². The summed E-state index contributed by atoms with van der Waals surface area (Å²) in [5.74, 6) is 0.827. The Kier molecular flexibility index (Phi) is 9.21. The summed E-state index contributed by atoms with van der Waals surface area (Å²) in [4.78, 5) is 18.4. The van der Waals surface area contributed by atoms with Gasteiger partial charge >= 0.3 is 0 Å². The van der Waals surface area contributed by atoms with Crippen molar-refractivity contribution in [2.45, 2.75) is 31.3 Å². The SMILES string of the molecule is O=C(/C=C\c1cccnc1)NCCC(O)CN1CCC(C(c2ccccc2)c2ccccc2)CC1. The molecule has 2 aromatic carbocycles. The Hall–Kier alpha value is -3.28. The smallest absolute Gasteiger partial charge is 0.244 e. The highest BCUT2D eigenvalue weighted by Gasteiger charge is 2.29. The molecule has 1 aliphatic heterocycles. The van der Waals surface area contributed by atoms with Gasteiger partial charge in [-0.2, -0.15) is 0 Å². The van der Waals surface area contributed by atoms with E-state index in [1.807, 2.05) is 12.1 Å². The number of pyridine rings is 1. The van der Waals surface area contributed by atoms with Gasteiger partial charge in [0, 0.05) is 37.5 Å². The summed E-state index contributed by atoms with van der Waals surface area (Å²) >= 11 is 0. The zero-order valence-corrected chi connectivity index (χ0v) is 20.2. The van der Waals surface area contributed by atoms with Crippen molar-refractivity contribution in [2.24, 2.45) is 5.92 Å². The molecule has 1 aliphatic rings. The third-order valence-corrected chi connectivity index (χ3v) is 6.78. The fourth-order valence-corrected chi connectivity index (χ4v) is 4.98. The second-order valence-corrected chi connectivity index (χ2v) is 9.29. The molecule has 1 atom stereocenters. The number of aromatic nitrogens is 1. The second-order valence-electron chi connectivity index (χ2n) is 9.29. The van der Waals surface area contributed by atoms with E-state index in [0.717, 1.165) is 31.5 Å². The molecule has 1 aromatic heterocycles. The predicted octanol–water partition coefficient (Wildman–Crippen LogP) is 4.51. The van der Waals surface area contributed by atoms with Crippen molar-refractivity contribution < 1.29 is 9.90 Å². The Morgan fingerprint density at radius 3 is 2.26 bits per heavy atom. The summed E-state index contributed by atoms with van der Waals surface area (Å²) in [5.41, 5.74) is 3.64. The van der Waals surface area contributed by atoms with Crippen LogP contribution in [0.2, 0.25) is 0 Å². The second kappa shape index (κ2) is 13.0. The third kappa shape index (κ3) is 7.61. The first-order valence-electron chi connectivity index (χ1n) is 12.6. The Balaban J connectivity index is 1.22. The van der Waals surface area contributed by atoms with Gasteiger partial charge in [-0.1, -0.05) is 66.7 Å². The maximum absolute atomic E-state index is 12.0. The maximum atomic E-state index is 12.0. The molecule has 1 amide bonds. The highest BCUT2D eigenvalue weighted by Crippen LogP contribution is 2.37. The van der Waals surface area contributed by atoms with Crippen LogP contribution < -0.4 is 5.32 Å². The molecule has 5 nitrogen and oxygen atoms in total. The molecule has 0 bridgehead atoms. The van der Waals surface area contributed by atoms with Crippen LogP contribution in [0.25, 0.3) is 6.08 Å². The molecule has 1 saturated heterocycles. The number of carbonyl (C=O) groups is 1. The fourth-order valence-electron chi connectivity index (χ4n) is 4.98. The number of hydrogen-bond donors (Lipinski definition) is 2. The van der Waals surface area contributed by atoms with E-state index in [9.17, 15) is 9.90 Å². The minimum Gasteiger partial charge on any atom is -0.392 e. The predicted molar refractivity (Wildman–Crippen MR) is 141 cm³/mol. The van der Waals surface area contributed by atoms with Crippen LogP contribution in [0.15, 0.2) is 91.3 Å². The number of β-amino-alcohol motifs (C(OH)–C–C–N with tert-alkyl or cyclic N) is 1. The fraction of sp³-hybridized carbons (Fsp3) is 0.333. The van der Waals surface area contributed by atoms with Gasteiger partial charge in [0.2, 0.25) is 5.91 Å². The van der Waals surface area contributed by atoms with E-state index in [4.69, 9.17) is 0 Å². The van der Waals surface area contributed by atoms with Crippen LogP contribution in [0.3, 0.4) is 0 Å². The molecular weight excluding hydrogens is 434 g/mol. The molecule has 2 heterocycles. The minimum atomic E-state index is -0.451. The number of hydrogen-bond acceptors (Lipinski definition) is 4. The standard InChI is InChI=1S/C30H35N3O2/c34-28(15-19-32-29(35)14-13-24-8-7-18-31-22-24)23-33-20-16-27(17-21-33)30(25-9-3-1-4-10-25)26-11-5-2-6-12-26/h1-14,18,22,27-28,30,34H,15-17,19-21,23H2,(H,32,35)/b14-13-. The Morgan fingerprint density at radius 2 is 1.66 bits per heavy atom. The summed E-state index contributed by atoms with van der Waals surface area (Å²) in [6, 6.07) is 25.4. The Bertz CT molecular complexity index is 1010. The van der Waals surface area contributed by atoms with Crippen molar-refractivity contribution in [1.29, 1.82) is 0 Å². The van der Waals surface area contributed by atoms with Gasteiger partial charge in [-0.15, -0.1) is 0 Å². The first-order valence-corrected chi connectivity index (χ1v) is 12.6. The molecule has 1 unspecified atom stereocenters. The van der Waals surface area contributed by atoms with Gasteiger partial charge < -0.3 is 15.3 Å². The summed E-state index contributed by atoms with van der Waals surface area (Å²) in [5, 5.41) is 13.4. The Morgan fingerprint density at radius 1 is 1.00 bits per heavy atom. The molecule has 182 valence electrons. The average Bonchev–Trinajstić information content (AvgIpc) is 2.90. The number of rotatable bonds is 10. The van der Waals surface area contributed by atoms with Gasteiger partial charge in [0.25, 0.3) is 0 Å². The first kappa shape index (κ1) is 24.8. The number of likely N-dealkylation sites (tertiary alicyclic amines) is 1. The van der Waals surface area contributed by atoms with Crippen molar-refractivity contribution in [1.82, 2.24) is 15.2 Å². The number of aliphatic hydroxyl groups excluding tert-OH is 1. The molecule has 3 aromatic rings. The molecule has 1 fully saturated rings. The molecule has 0 saturated carbocycles. The van der Waals surface area contributed by atoms with Gasteiger partial charge in [-0.05, 0) is 67.1 Å². The lowest BCUT2D eigenvalue weighted by molar-refractivity contribution is -0.116. The van der Waals surface area contributed by atoms with Crippen LogP contribution in [0.5, 0.6) is 0 Å². The van der Waals surface area contributed by atoms with Crippen LogP contribution in [0.1, 0.15) is 41.9 Å². The lowest BCUT2D eigenvalue weighted by Crippen LogP contribution is -2.41. The number of carbonyl (C=O) groups excluding carboxylic acids is 1. The van der Waals surface area contributed by atoms with E-state index in [0.29, 0.717) is 31.3 Å². The molecular formula is C30H35N3O2. The highest BCUT2D eigenvalue weighted by atomic mass is 16.3. The molecule has 35 heavy (non-hydrogen) atoms. The molecule has 4 rings (SSSR count). The summed E-state index contributed by atoms with van der Waals surface area (Å²) < 4.78 is 0. The molecule has 0 radical (unpaired) electrons. The molecule has 2 N–H and O–H groups in total. The van der Waals surface area contributed by atoms with E-state index in [2.05, 4.69) is 75.9 Å². The minimum absolute atomic E-state index is 0.158. The third-order valence-electron chi connectivity index (χ3n) is 6.78. The van der Waals surface area contributed by atoms with E-state index >= 15 is 0 Å². The van der Waals surface area contributed by atoms with Gasteiger partial charge in [0.05, 0.1) is 6.10 Å². The molecule has 0 spiro atoms. The monoisotopic (exact) mass is 469 g/mol. The van der Waals surface area contributed by atoms with E-state index in [1.54, 1.807) is 18.5 Å². The van der Waals surface area contributed by atoms with E-state index in [-0.39, 0.29) is 5.91 Å². The summed E-state index contributed by atoms with van der Waals surface area (Å²) in [6.45, 7) is 3.07. The van der Waals surface area contributed by atoms with Crippen LogP contribution in [0.4, 0.5) is 0 Å². The largest absolute Gasteiger partial charge is 0.392 e. The van der Waals surface area contributed by atoms with Gasteiger partial charge in [-0.3, -0.25) is 9.78 Å². The van der Waals surface area contributed by atoms with Crippen LogP contribution >= 0.6 is 0 Å². The topological polar surface area (TPSA) is 65.5 Å². The number of nitrogens with one attached hydrogen (secondary N) is 1. The number of piperidine rings is 1. The van der Waals surface area contributed by atoms with Gasteiger partial charge in [-0.25, -0.2) is 0 Å². The summed E-state index contributed by atoms with van der Waals surface area (Å²) in [7, 11) is 0. The van der Waals surface area contributed by atoms with Crippen molar-refractivity contribution in [2.75, 3.05) is 26.2 Å². The number of amides is 1. The van der Waals surface area contributed by atoms with E-state index < -0.39 is 6.10 Å². The van der Waals surface area contributed by atoms with E-state index in [1.165, 1.54) is 17.2 Å². The quantitative estimate of drug-likeness (QED) is 0.429. The molecule has 5 heteroatoms. The van der Waals surface area contributed by atoms with Crippen LogP contribution in [-0.4, -0.2) is 53.2 Å². The van der Waals surface area contributed by atoms with Crippen LogP contribution in [0, 0.1) is 5.92 Å². The van der Waals surface area contributed by atoms with Gasteiger partial charge in [0.1, 0.15) is 0 Å². The summed E-state index contributed by atoms with van der Waals surface area (Å²) in [6.07, 6.45) is 8.96. The highest BCUT2D eigenvalue weighted by molar-refractivity contribution is 5.91. The van der Waals surface area contributed by atoms with Gasteiger partial charge in [0.15, 0.2) is 0 Å². The zero-order valence-electron chi connectivity index (χ0n) is 20.2. The van der Waals surface area contributed by atoms with Crippen molar-refractivity contribution in [3.63, 3.8) is 0 Å². The molecule has 0 aliphatic carbocycles. The maximum Gasteiger partial charge on any atom is 0.244 e.